The minimum atomic E-state index is -0.266. The summed E-state index contributed by atoms with van der Waals surface area (Å²) in [6, 6.07) is 37.5. The van der Waals surface area contributed by atoms with Crippen LogP contribution in [0.5, 0.6) is 0 Å². The lowest BCUT2D eigenvalue weighted by Crippen LogP contribution is -2.41. The number of hydrazone groups is 1. The van der Waals surface area contributed by atoms with E-state index in [2.05, 4.69) is 39.7 Å². The molecule has 0 aliphatic carbocycles. The number of fused-ring (bicyclic) bond motifs is 1. The number of nitrogens with one attached hydrogen (secondary N) is 1. The normalized spacial score (nSPS) is 13.7. The molecule has 0 spiro atoms. The number of nitrogens with zero attached hydrogens (tertiary/aromatic N) is 3. The van der Waals surface area contributed by atoms with Crippen LogP contribution in [0.1, 0.15) is 22.3 Å². The van der Waals surface area contributed by atoms with Crippen LogP contribution in [0.15, 0.2) is 120 Å². The number of carbonyl (C=O) groups excluding carboxylic acids is 2. The van der Waals surface area contributed by atoms with E-state index in [4.69, 9.17) is 0 Å². The van der Waals surface area contributed by atoms with Crippen LogP contribution in [0.2, 0.25) is 0 Å². The Morgan fingerprint density at radius 2 is 1.22 bits per heavy atom. The fourth-order valence-electron chi connectivity index (χ4n) is 4.49. The van der Waals surface area contributed by atoms with Gasteiger partial charge in [-0.15, -0.1) is 0 Å². The van der Waals surface area contributed by atoms with Crippen LogP contribution in [-0.2, 0) is 29.1 Å². The number of hydrogen-bond acceptors (Lipinski definition) is 4. The Morgan fingerprint density at radius 3 is 1.81 bits per heavy atom. The van der Waals surface area contributed by atoms with Gasteiger partial charge in [-0.1, -0.05) is 109 Å². The summed E-state index contributed by atoms with van der Waals surface area (Å²) in [5.41, 5.74) is 7.55. The summed E-state index contributed by atoms with van der Waals surface area (Å²) in [5.74, 6) is -0.496. The molecule has 1 N–H and O–H groups in total. The number of rotatable bonds is 9. The molecule has 0 unspecified atom stereocenters. The topological polar surface area (TPSA) is 65.0 Å². The molecule has 0 atom stereocenters. The Balaban J connectivity index is 1.37. The predicted molar refractivity (Wildman–Crippen MR) is 146 cm³/mol. The van der Waals surface area contributed by atoms with E-state index in [1.54, 1.807) is 4.90 Å². The zero-order valence-electron chi connectivity index (χ0n) is 20.5. The van der Waals surface area contributed by atoms with Crippen molar-refractivity contribution in [2.45, 2.75) is 19.5 Å². The van der Waals surface area contributed by atoms with E-state index in [9.17, 15) is 9.59 Å². The second kappa shape index (κ2) is 11.5. The van der Waals surface area contributed by atoms with Crippen LogP contribution in [-0.4, -0.2) is 29.1 Å². The third-order valence-corrected chi connectivity index (χ3v) is 6.24. The van der Waals surface area contributed by atoms with Gasteiger partial charge in [0.1, 0.15) is 0 Å². The Hall–Kier alpha value is -4.55. The Kier molecular flexibility index (Phi) is 7.48. The average Bonchev–Trinajstić information content (AvgIpc) is 3.19. The van der Waals surface area contributed by atoms with Gasteiger partial charge in [0, 0.05) is 18.7 Å². The monoisotopic (exact) mass is 488 g/mol. The first kappa shape index (κ1) is 24.2. The Morgan fingerprint density at radius 1 is 0.703 bits per heavy atom. The lowest BCUT2D eigenvalue weighted by atomic mass is 10.1. The number of para-hydroxylation sites is 1. The summed E-state index contributed by atoms with van der Waals surface area (Å²) in [4.78, 5) is 30.1. The van der Waals surface area contributed by atoms with Crippen molar-refractivity contribution in [3.05, 3.63) is 138 Å². The van der Waals surface area contributed by atoms with Gasteiger partial charge in [0.2, 0.25) is 5.91 Å². The lowest BCUT2D eigenvalue weighted by Gasteiger charge is -2.28. The number of benzene rings is 4. The van der Waals surface area contributed by atoms with Gasteiger partial charge in [0.05, 0.1) is 18.8 Å². The third-order valence-electron chi connectivity index (χ3n) is 6.24. The van der Waals surface area contributed by atoms with Crippen molar-refractivity contribution in [3.63, 3.8) is 0 Å². The fraction of sp³-hybridized carbons (Fsp3) is 0.129. The second-order valence-electron chi connectivity index (χ2n) is 9.01. The number of anilines is 1. The molecule has 1 aliphatic heterocycles. The molecule has 4 aromatic rings. The van der Waals surface area contributed by atoms with Gasteiger partial charge in [0.15, 0.2) is 5.71 Å². The first-order valence-corrected chi connectivity index (χ1v) is 12.3. The molecular weight excluding hydrogens is 460 g/mol. The van der Waals surface area contributed by atoms with E-state index in [0.29, 0.717) is 25.3 Å². The molecule has 0 saturated heterocycles. The molecular formula is C31H28N4O2. The van der Waals surface area contributed by atoms with Gasteiger partial charge in [0.25, 0.3) is 5.91 Å². The summed E-state index contributed by atoms with van der Waals surface area (Å²) in [5, 5.41) is 4.27. The van der Waals surface area contributed by atoms with Gasteiger partial charge in [-0.25, -0.2) is 5.43 Å². The molecule has 0 bridgehead atoms. The van der Waals surface area contributed by atoms with Crippen LogP contribution < -0.4 is 10.3 Å². The van der Waals surface area contributed by atoms with Gasteiger partial charge in [-0.3, -0.25) is 19.4 Å². The van der Waals surface area contributed by atoms with Gasteiger partial charge < -0.3 is 0 Å². The van der Waals surface area contributed by atoms with E-state index >= 15 is 0 Å². The summed E-state index contributed by atoms with van der Waals surface area (Å²) in [6.45, 7) is 1.75. The van der Waals surface area contributed by atoms with E-state index in [1.807, 2.05) is 91.0 Å². The van der Waals surface area contributed by atoms with Crippen LogP contribution in [0.25, 0.3) is 0 Å². The zero-order chi connectivity index (χ0) is 25.5. The highest BCUT2D eigenvalue weighted by Crippen LogP contribution is 2.29. The zero-order valence-corrected chi connectivity index (χ0v) is 20.5. The molecule has 2 amide bonds. The van der Waals surface area contributed by atoms with Crippen molar-refractivity contribution >= 4 is 23.2 Å². The van der Waals surface area contributed by atoms with E-state index in [0.717, 1.165) is 11.3 Å². The maximum atomic E-state index is 13.6. The van der Waals surface area contributed by atoms with Gasteiger partial charge >= 0.3 is 0 Å². The molecule has 4 aromatic carbocycles. The quantitative estimate of drug-likeness (QED) is 0.346. The smallest absolute Gasteiger partial charge is 0.280 e. The summed E-state index contributed by atoms with van der Waals surface area (Å²) < 4.78 is 0. The summed E-state index contributed by atoms with van der Waals surface area (Å²) in [6.07, 6.45) is 0.194. The van der Waals surface area contributed by atoms with Crippen molar-refractivity contribution in [2.75, 3.05) is 11.6 Å². The number of amides is 2. The molecule has 0 aromatic heterocycles. The number of hydrogen-bond donors (Lipinski definition) is 1. The molecule has 5 rings (SSSR count). The van der Waals surface area contributed by atoms with Gasteiger partial charge in [-0.05, 0) is 22.8 Å². The Bertz CT molecular complexity index is 1350. The predicted octanol–water partition coefficient (Wildman–Crippen LogP) is 4.76. The SMILES string of the molecule is O=C(Cc1ccccc1)N/N=C1\C(=O)N(CN(Cc2ccccc2)Cc2ccccc2)c2ccccc21. The van der Waals surface area contributed by atoms with Crippen molar-refractivity contribution in [1.29, 1.82) is 0 Å². The molecule has 1 aliphatic rings. The first-order valence-electron chi connectivity index (χ1n) is 12.3. The van der Waals surface area contributed by atoms with E-state index in [-0.39, 0.29) is 23.9 Å². The minimum Gasteiger partial charge on any atom is -0.293 e. The van der Waals surface area contributed by atoms with Crippen molar-refractivity contribution < 1.29 is 9.59 Å². The average molecular weight is 489 g/mol. The number of carbonyl (C=O) groups is 2. The first-order chi connectivity index (χ1) is 18.2. The molecule has 184 valence electrons. The molecule has 6 nitrogen and oxygen atoms in total. The largest absolute Gasteiger partial charge is 0.293 e. The van der Waals surface area contributed by atoms with Crippen LogP contribution in [0, 0.1) is 0 Å². The van der Waals surface area contributed by atoms with E-state index in [1.165, 1.54) is 11.1 Å². The fourth-order valence-corrected chi connectivity index (χ4v) is 4.49. The highest BCUT2D eigenvalue weighted by atomic mass is 16.2. The highest BCUT2D eigenvalue weighted by molar-refractivity contribution is 6.54. The second-order valence-corrected chi connectivity index (χ2v) is 9.01. The van der Waals surface area contributed by atoms with Crippen molar-refractivity contribution in [3.8, 4) is 0 Å². The maximum Gasteiger partial charge on any atom is 0.280 e. The van der Waals surface area contributed by atoms with Crippen LogP contribution in [0.4, 0.5) is 5.69 Å². The Labute approximate surface area is 216 Å². The van der Waals surface area contributed by atoms with Crippen molar-refractivity contribution in [1.82, 2.24) is 10.3 Å². The van der Waals surface area contributed by atoms with Crippen molar-refractivity contribution in [2.24, 2.45) is 5.10 Å². The molecule has 0 fully saturated rings. The summed E-state index contributed by atoms with van der Waals surface area (Å²) >= 11 is 0. The highest BCUT2D eigenvalue weighted by Gasteiger charge is 2.35. The molecule has 1 heterocycles. The third kappa shape index (κ3) is 6.00. The minimum absolute atomic E-state index is 0.194. The van der Waals surface area contributed by atoms with Crippen LogP contribution in [0.3, 0.4) is 0 Å². The molecule has 0 saturated carbocycles. The lowest BCUT2D eigenvalue weighted by molar-refractivity contribution is -0.120. The standard InChI is InChI=1S/C31H28N4O2/c36-29(20-24-12-4-1-5-13-24)32-33-30-27-18-10-11-19-28(27)35(31(30)37)23-34(21-25-14-6-2-7-15-25)22-26-16-8-3-9-17-26/h1-19H,20-23H2,(H,32,36)/b33-30-. The summed E-state index contributed by atoms with van der Waals surface area (Å²) in [7, 11) is 0. The molecule has 6 heteroatoms. The molecule has 37 heavy (non-hydrogen) atoms. The van der Waals surface area contributed by atoms with E-state index < -0.39 is 0 Å². The maximum absolute atomic E-state index is 13.6. The van der Waals surface area contributed by atoms with Gasteiger partial charge in [-0.2, -0.15) is 5.10 Å². The van der Waals surface area contributed by atoms with Crippen LogP contribution >= 0.6 is 0 Å². The molecule has 0 radical (unpaired) electrons.